The van der Waals surface area contributed by atoms with Gasteiger partial charge in [0.2, 0.25) is 0 Å². The fourth-order valence-electron chi connectivity index (χ4n) is 4.06. The third-order valence-electron chi connectivity index (χ3n) is 6.16. The number of ether oxygens (including phenoxy) is 2. The van der Waals surface area contributed by atoms with Gasteiger partial charge in [0.15, 0.2) is 0 Å². The van der Waals surface area contributed by atoms with Crippen molar-refractivity contribution in [2.75, 3.05) is 19.8 Å². The van der Waals surface area contributed by atoms with E-state index in [1.165, 1.54) is 89.9 Å². The van der Waals surface area contributed by atoms with Gasteiger partial charge in [0.25, 0.3) is 0 Å². The number of rotatable bonds is 21. The van der Waals surface area contributed by atoms with Gasteiger partial charge in [-0.25, -0.2) is 0 Å². The minimum atomic E-state index is -1.03. The summed E-state index contributed by atoms with van der Waals surface area (Å²) in [6, 6.07) is 0. The van der Waals surface area contributed by atoms with Crippen molar-refractivity contribution in [3.8, 4) is 0 Å². The first-order chi connectivity index (χ1) is 15.2. The summed E-state index contributed by atoms with van der Waals surface area (Å²) in [4.78, 5) is 0. The fraction of sp³-hybridized carbons (Fsp3) is 0.923. The fourth-order valence-corrected chi connectivity index (χ4v) is 4.06. The summed E-state index contributed by atoms with van der Waals surface area (Å²) in [7, 11) is 0. The average molecular weight is 443 g/mol. The van der Waals surface area contributed by atoms with Crippen LogP contribution in [0.1, 0.15) is 110 Å². The minimum absolute atomic E-state index is 0.0694. The number of hydrogen-bond acceptors (Lipinski definition) is 5. The molecule has 0 aromatic carbocycles. The predicted octanol–water partition coefficient (Wildman–Crippen LogP) is 5.30. The Balaban J connectivity index is 1.74. The second-order valence-corrected chi connectivity index (χ2v) is 9.14. The van der Waals surface area contributed by atoms with E-state index in [4.69, 9.17) is 9.47 Å². The summed E-state index contributed by atoms with van der Waals surface area (Å²) in [5, 5.41) is 29.1. The van der Waals surface area contributed by atoms with E-state index in [-0.39, 0.29) is 13.2 Å². The third-order valence-corrected chi connectivity index (χ3v) is 6.16. The van der Waals surface area contributed by atoms with Gasteiger partial charge in [-0.1, -0.05) is 96.1 Å². The summed E-state index contributed by atoms with van der Waals surface area (Å²) in [5.74, 6) is 0. The molecule has 0 aromatic rings. The Morgan fingerprint density at radius 3 is 1.84 bits per heavy atom. The van der Waals surface area contributed by atoms with Crippen LogP contribution in [0.25, 0.3) is 0 Å². The largest absolute Gasteiger partial charge is 0.388 e. The second kappa shape index (κ2) is 20.2. The van der Waals surface area contributed by atoms with E-state index in [1.807, 2.05) is 0 Å². The van der Waals surface area contributed by atoms with Crippen LogP contribution in [0.2, 0.25) is 0 Å². The SMILES string of the molecule is CCCC/C=C/CCCCCCCCCCCCCCOC[C@H](O)[C@H]1OC[C@@H](O)[C@H]1O. The van der Waals surface area contributed by atoms with Crippen molar-refractivity contribution in [1.82, 2.24) is 0 Å². The van der Waals surface area contributed by atoms with Gasteiger partial charge in [-0.05, 0) is 25.7 Å². The Morgan fingerprint density at radius 1 is 0.806 bits per heavy atom. The average Bonchev–Trinajstić information content (AvgIpc) is 3.10. The highest BCUT2D eigenvalue weighted by atomic mass is 16.5. The van der Waals surface area contributed by atoms with Crippen LogP contribution in [0.5, 0.6) is 0 Å². The molecule has 1 saturated heterocycles. The Hall–Kier alpha value is -0.460. The number of aliphatic hydroxyl groups excluding tert-OH is 3. The molecule has 184 valence electrons. The molecule has 1 aliphatic heterocycles. The zero-order chi connectivity index (χ0) is 22.6. The maximum atomic E-state index is 9.96. The summed E-state index contributed by atoms with van der Waals surface area (Å²) in [6.07, 6.45) is 22.0. The molecular formula is C26H50O5. The lowest BCUT2D eigenvalue weighted by atomic mass is 10.0. The van der Waals surface area contributed by atoms with Crippen LogP contribution in [-0.4, -0.2) is 59.6 Å². The summed E-state index contributed by atoms with van der Waals surface area (Å²) >= 11 is 0. The monoisotopic (exact) mass is 442 g/mol. The molecule has 1 heterocycles. The highest BCUT2D eigenvalue weighted by Crippen LogP contribution is 2.18. The Bertz CT molecular complexity index is 415. The van der Waals surface area contributed by atoms with Crippen molar-refractivity contribution in [3.05, 3.63) is 12.2 Å². The Labute approximate surface area is 191 Å². The van der Waals surface area contributed by atoms with E-state index in [9.17, 15) is 15.3 Å². The number of aliphatic hydroxyl groups is 3. The van der Waals surface area contributed by atoms with Gasteiger partial charge >= 0.3 is 0 Å². The van der Waals surface area contributed by atoms with Crippen molar-refractivity contribution in [3.63, 3.8) is 0 Å². The summed E-state index contributed by atoms with van der Waals surface area (Å²) < 4.78 is 10.7. The Kier molecular flexibility index (Phi) is 18.6. The molecule has 0 aromatic heterocycles. The maximum absolute atomic E-state index is 9.96. The zero-order valence-electron chi connectivity index (χ0n) is 20.1. The van der Waals surface area contributed by atoms with E-state index in [2.05, 4.69) is 19.1 Å². The second-order valence-electron chi connectivity index (χ2n) is 9.14. The van der Waals surface area contributed by atoms with Crippen LogP contribution < -0.4 is 0 Å². The van der Waals surface area contributed by atoms with E-state index in [0.717, 1.165) is 12.8 Å². The first-order valence-corrected chi connectivity index (χ1v) is 13.0. The van der Waals surface area contributed by atoms with Crippen LogP contribution in [0.3, 0.4) is 0 Å². The van der Waals surface area contributed by atoms with Gasteiger partial charge in [0.05, 0.1) is 13.2 Å². The highest BCUT2D eigenvalue weighted by molar-refractivity contribution is 4.87. The molecule has 1 aliphatic rings. The topological polar surface area (TPSA) is 79.2 Å². The van der Waals surface area contributed by atoms with Crippen molar-refractivity contribution in [2.24, 2.45) is 0 Å². The lowest BCUT2D eigenvalue weighted by Crippen LogP contribution is -2.40. The third kappa shape index (κ3) is 15.1. The van der Waals surface area contributed by atoms with Crippen LogP contribution in [0, 0.1) is 0 Å². The molecular weight excluding hydrogens is 392 g/mol. The smallest absolute Gasteiger partial charge is 0.114 e. The summed E-state index contributed by atoms with van der Waals surface area (Å²) in [5.41, 5.74) is 0. The molecule has 0 amide bonds. The number of hydrogen-bond donors (Lipinski definition) is 3. The van der Waals surface area contributed by atoms with Gasteiger partial charge in [-0.2, -0.15) is 0 Å². The van der Waals surface area contributed by atoms with Crippen molar-refractivity contribution in [2.45, 2.75) is 134 Å². The van der Waals surface area contributed by atoms with Gasteiger partial charge in [0, 0.05) is 6.61 Å². The van der Waals surface area contributed by atoms with Crippen LogP contribution in [0.15, 0.2) is 12.2 Å². The van der Waals surface area contributed by atoms with Gasteiger partial charge < -0.3 is 24.8 Å². The Morgan fingerprint density at radius 2 is 1.32 bits per heavy atom. The normalized spacial score (nSPS) is 22.5. The molecule has 0 unspecified atom stereocenters. The minimum Gasteiger partial charge on any atom is -0.388 e. The molecule has 1 fully saturated rings. The maximum Gasteiger partial charge on any atom is 0.114 e. The quantitative estimate of drug-likeness (QED) is 0.166. The van der Waals surface area contributed by atoms with Gasteiger partial charge in [-0.15, -0.1) is 0 Å². The molecule has 0 radical (unpaired) electrons. The van der Waals surface area contributed by atoms with Crippen LogP contribution >= 0.6 is 0 Å². The molecule has 0 aliphatic carbocycles. The number of allylic oxidation sites excluding steroid dienone is 2. The molecule has 5 nitrogen and oxygen atoms in total. The lowest BCUT2D eigenvalue weighted by molar-refractivity contribution is -0.0813. The molecule has 0 bridgehead atoms. The molecule has 1 rings (SSSR count). The summed E-state index contributed by atoms with van der Waals surface area (Å²) in [6.45, 7) is 3.08. The van der Waals surface area contributed by atoms with Crippen molar-refractivity contribution in [1.29, 1.82) is 0 Å². The van der Waals surface area contributed by atoms with Crippen LogP contribution in [0.4, 0.5) is 0 Å². The standard InChI is InChI=1S/C26H50O5/c1-2-3-4-5-6-7-8-9-10-11-12-13-14-15-16-17-18-19-20-30-21-24(28)26-25(29)23(27)22-31-26/h5-6,23-29H,2-4,7-22H2,1H3/b6-5+/t23-,24+,25-,26-/m1/s1. The lowest BCUT2D eigenvalue weighted by Gasteiger charge is -2.20. The highest BCUT2D eigenvalue weighted by Gasteiger charge is 2.39. The first-order valence-electron chi connectivity index (χ1n) is 13.0. The molecule has 4 atom stereocenters. The van der Waals surface area contributed by atoms with Crippen molar-refractivity contribution >= 4 is 0 Å². The van der Waals surface area contributed by atoms with E-state index >= 15 is 0 Å². The van der Waals surface area contributed by atoms with E-state index < -0.39 is 24.4 Å². The predicted molar refractivity (Wildman–Crippen MR) is 127 cm³/mol. The van der Waals surface area contributed by atoms with E-state index in [1.54, 1.807) is 0 Å². The van der Waals surface area contributed by atoms with Crippen LogP contribution in [-0.2, 0) is 9.47 Å². The first kappa shape index (κ1) is 28.6. The zero-order valence-corrected chi connectivity index (χ0v) is 20.1. The van der Waals surface area contributed by atoms with E-state index in [0.29, 0.717) is 6.61 Å². The molecule has 0 spiro atoms. The molecule has 3 N–H and O–H groups in total. The van der Waals surface area contributed by atoms with Crippen molar-refractivity contribution < 1.29 is 24.8 Å². The van der Waals surface area contributed by atoms with Gasteiger partial charge in [-0.3, -0.25) is 0 Å². The molecule has 0 saturated carbocycles. The molecule has 5 heteroatoms. The number of unbranched alkanes of at least 4 members (excludes halogenated alkanes) is 14. The molecule has 31 heavy (non-hydrogen) atoms. The van der Waals surface area contributed by atoms with Gasteiger partial charge in [0.1, 0.15) is 24.4 Å².